The lowest BCUT2D eigenvalue weighted by atomic mass is 10.1. The van der Waals surface area contributed by atoms with Gasteiger partial charge in [-0.1, -0.05) is 29.8 Å². The van der Waals surface area contributed by atoms with E-state index in [1.54, 1.807) is 12.1 Å². The van der Waals surface area contributed by atoms with Crippen molar-refractivity contribution in [1.29, 1.82) is 0 Å². The zero-order valence-corrected chi connectivity index (χ0v) is 14.5. The van der Waals surface area contributed by atoms with Gasteiger partial charge in [0.25, 0.3) is 0 Å². The second kappa shape index (κ2) is 8.92. The van der Waals surface area contributed by atoms with E-state index in [0.717, 1.165) is 17.2 Å². The minimum atomic E-state index is -4.47. The zero-order chi connectivity index (χ0) is 18.3. The number of nitrogens with zero attached hydrogens (tertiary/aromatic N) is 1. The molecule has 0 radical (unpaired) electrons. The van der Waals surface area contributed by atoms with Crippen molar-refractivity contribution in [2.75, 3.05) is 5.75 Å². The summed E-state index contributed by atoms with van der Waals surface area (Å²) in [5, 5.41) is 4.24. The van der Waals surface area contributed by atoms with Crippen LogP contribution in [0.5, 0.6) is 0 Å². The maximum Gasteiger partial charge on any atom is 0.417 e. The molecule has 2 aromatic carbocycles. The standard InChI is InChI=1S/C17H14ClF3N2OS/c18-13-5-7-14(8-6-13)25-10-9-16(24)23-22-11-12-3-1-2-4-15(12)17(19,20)21/h1-8,11H,9-10H2,(H,23,24)/b22-11-. The molecule has 0 heterocycles. The molecule has 0 spiro atoms. The van der Waals surface area contributed by atoms with E-state index in [-0.39, 0.29) is 17.9 Å². The first-order chi connectivity index (χ1) is 11.9. The summed E-state index contributed by atoms with van der Waals surface area (Å²) < 4.78 is 38.5. The second-order valence-corrected chi connectivity index (χ2v) is 6.54. The average molecular weight is 387 g/mol. The number of halogens is 4. The van der Waals surface area contributed by atoms with Crippen LogP contribution >= 0.6 is 23.4 Å². The molecular weight excluding hydrogens is 373 g/mol. The molecule has 132 valence electrons. The second-order valence-electron chi connectivity index (χ2n) is 4.93. The van der Waals surface area contributed by atoms with Crippen LogP contribution in [-0.4, -0.2) is 17.9 Å². The number of hydrogen-bond donors (Lipinski definition) is 1. The van der Waals surface area contributed by atoms with Gasteiger partial charge in [-0.15, -0.1) is 11.8 Å². The first-order valence-corrected chi connectivity index (χ1v) is 8.59. The normalized spacial score (nSPS) is 11.7. The van der Waals surface area contributed by atoms with Gasteiger partial charge < -0.3 is 0 Å². The first kappa shape index (κ1) is 19.3. The van der Waals surface area contributed by atoms with Gasteiger partial charge in [-0.25, -0.2) is 5.43 Å². The van der Waals surface area contributed by atoms with Crippen molar-refractivity contribution in [3.05, 3.63) is 64.7 Å². The quantitative estimate of drug-likeness (QED) is 0.431. The number of carbonyl (C=O) groups excluding carboxylic acids is 1. The van der Waals surface area contributed by atoms with Gasteiger partial charge in [-0.2, -0.15) is 18.3 Å². The Morgan fingerprint density at radius 2 is 1.84 bits per heavy atom. The molecule has 0 aromatic heterocycles. The van der Waals surface area contributed by atoms with Gasteiger partial charge in [0.05, 0.1) is 11.8 Å². The third-order valence-electron chi connectivity index (χ3n) is 3.07. The molecule has 0 aliphatic carbocycles. The number of hydrogen-bond acceptors (Lipinski definition) is 3. The maximum atomic E-state index is 12.8. The Morgan fingerprint density at radius 3 is 2.52 bits per heavy atom. The van der Waals surface area contributed by atoms with E-state index in [2.05, 4.69) is 10.5 Å². The van der Waals surface area contributed by atoms with E-state index in [0.29, 0.717) is 10.8 Å². The van der Waals surface area contributed by atoms with Gasteiger partial charge in [-0.3, -0.25) is 4.79 Å². The summed E-state index contributed by atoms with van der Waals surface area (Å²) in [6.45, 7) is 0. The average Bonchev–Trinajstić information content (AvgIpc) is 2.56. The number of rotatable bonds is 6. The molecule has 0 unspecified atom stereocenters. The van der Waals surface area contributed by atoms with Crippen molar-refractivity contribution in [3.63, 3.8) is 0 Å². The molecule has 25 heavy (non-hydrogen) atoms. The third-order valence-corrected chi connectivity index (χ3v) is 4.34. The molecular formula is C17H14ClF3N2OS. The number of nitrogens with one attached hydrogen (secondary N) is 1. The highest BCUT2D eigenvalue weighted by molar-refractivity contribution is 7.99. The van der Waals surface area contributed by atoms with Crippen LogP contribution in [-0.2, 0) is 11.0 Å². The molecule has 1 amide bonds. The number of alkyl halides is 3. The predicted octanol–water partition coefficient (Wildman–Crippen LogP) is 4.99. The monoisotopic (exact) mass is 386 g/mol. The lowest BCUT2D eigenvalue weighted by Crippen LogP contribution is -2.18. The third kappa shape index (κ3) is 6.43. The molecule has 1 N–H and O–H groups in total. The van der Waals surface area contributed by atoms with Crippen molar-refractivity contribution in [2.45, 2.75) is 17.5 Å². The maximum absolute atomic E-state index is 12.8. The highest BCUT2D eigenvalue weighted by Gasteiger charge is 2.32. The lowest BCUT2D eigenvalue weighted by molar-refractivity contribution is -0.137. The van der Waals surface area contributed by atoms with Crippen molar-refractivity contribution in [3.8, 4) is 0 Å². The van der Waals surface area contributed by atoms with Crippen LogP contribution in [0, 0.1) is 0 Å². The van der Waals surface area contributed by atoms with Gasteiger partial charge in [0.2, 0.25) is 5.91 Å². The fourth-order valence-electron chi connectivity index (χ4n) is 1.89. The molecule has 0 fully saturated rings. The Labute approximate surface area is 152 Å². The van der Waals surface area contributed by atoms with Crippen LogP contribution in [0.1, 0.15) is 17.5 Å². The van der Waals surface area contributed by atoms with E-state index < -0.39 is 11.7 Å². The van der Waals surface area contributed by atoms with Crippen LogP contribution in [0.3, 0.4) is 0 Å². The summed E-state index contributed by atoms with van der Waals surface area (Å²) in [6.07, 6.45) is -3.29. The summed E-state index contributed by atoms with van der Waals surface area (Å²) in [7, 11) is 0. The highest BCUT2D eigenvalue weighted by Crippen LogP contribution is 2.31. The summed E-state index contributed by atoms with van der Waals surface area (Å²) in [4.78, 5) is 12.6. The Hall–Kier alpha value is -1.99. The van der Waals surface area contributed by atoms with Gasteiger partial charge in [0, 0.05) is 27.7 Å². The summed E-state index contributed by atoms with van der Waals surface area (Å²) >= 11 is 7.26. The fourth-order valence-corrected chi connectivity index (χ4v) is 2.87. The van der Waals surface area contributed by atoms with Crippen molar-refractivity contribution in [2.24, 2.45) is 5.10 Å². The highest BCUT2D eigenvalue weighted by atomic mass is 35.5. The largest absolute Gasteiger partial charge is 0.417 e. The molecule has 0 bridgehead atoms. The van der Waals surface area contributed by atoms with Crippen LogP contribution in [0.15, 0.2) is 58.5 Å². The fraction of sp³-hybridized carbons (Fsp3) is 0.176. The van der Waals surface area contributed by atoms with Gasteiger partial charge >= 0.3 is 6.18 Å². The van der Waals surface area contributed by atoms with Crippen LogP contribution < -0.4 is 5.43 Å². The number of hydrazone groups is 1. The molecule has 0 aliphatic rings. The number of carbonyl (C=O) groups is 1. The SMILES string of the molecule is O=C(CCSc1ccc(Cl)cc1)N/N=C\c1ccccc1C(F)(F)F. The number of amides is 1. The molecule has 0 saturated carbocycles. The number of thioether (sulfide) groups is 1. The molecule has 0 atom stereocenters. The summed E-state index contributed by atoms with van der Waals surface area (Å²) in [5.74, 6) is 0.143. The topological polar surface area (TPSA) is 41.5 Å². The van der Waals surface area contributed by atoms with E-state index in [4.69, 9.17) is 11.6 Å². The first-order valence-electron chi connectivity index (χ1n) is 7.23. The Morgan fingerprint density at radius 1 is 1.16 bits per heavy atom. The molecule has 8 heteroatoms. The Balaban J connectivity index is 1.82. The predicted molar refractivity (Wildman–Crippen MR) is 94.0 cm³/mol. The van der Waals surface area contributed by atoms with E-state index in [1.165, 1.54) is 30.0 Å². The van der Waals surface area contributed by atoms with Gasteiger partial charge in [0.15, 0.2) is 0 Å². The summed E-state index contributed by atoms with van der Waals surface area (Å²) in [6, 6.07) is 12.2. The van der Waals surface area contributed by atoms with Crippen LogP contribution in [0.25, 0.3) is 0 Å². The zero-order valence-electron chi connectivity index (χ0n) is 12.9. The van der Waals surface area contributed by atoms with Gasteiger partial charge in [-0.05, 0) is 30.3 Å². The van der Waals surface area contributed by atoms with Gasteiger partial charge in [0.1, 0.15) is 0 Å². The Bertz CT molecular complexity index is 748. The smallest absolute Gasteiger partial charge is 0.273 e. The Kier molecular flexibility index (Phi) is 6.90. The minimum Gasteiger partial charge on any atom is -0.273 e. The van der Waals surface area contributed by atoms with Crippen molar-refractivity contribution >= 4 is 35.5 Å². The van der Waals surface area contributed by atoms with Crippen molar-refractivity contribution < 1.29 is 18.0 Å². The van der Waals surface area contributed by atoms with Crippen LogP contribution in [0.4, 0.5) is 13.2 Å². The molecule has 2 aromatic rings. The molecule has 2 rings (SSSR count). The lowest BCUT2D eigenvalue weighted by Gasteiger charge is -2.09. The molecule has 3 nitrogen and oxygen atoms in total. The number of benzene rings is 2. The van der Waals surface area contributed by atoms with E-state index >= 15 is 0 Å². The minimum absolute atomic E-state index is 0.106. The summed E-state index contributed by atoms with van der Waals surface area (Å²) in [5.41, 5.74) is 1.33. The van der Waals surface area contributed by atoms with Crippen molar-refractivity contribution in [1.82, 2.24) is 5.43 Å². The van der Waals surface area contributed by atoms with E-state index in [1.807, 2.05) is 12.1 Å². The molecule has 0 saturated heterocycles. The van der Waals surface area contributed by atoms with E-state index in [9.17, 15) is 18.0 Å². The van der Waals surface area contributed by atoms with Crippen LogP contribution in [0.2, 0.25) is 5.02 Å². The molecule has 0 aliphatic heterocycles.